The van der Waals surface area contributed by atoms with E-state index in [0.717, 1.165) is 120 Å². The molecule has 0 N–H and O–H groups in total. The number of rotatable bonds is 22. The molecule has 0 bridgehead atoms. The maximum Gasteiger partial charge on any atom is 0.193 e. The van der Waals surface area contributed by atoms with Crippen LogP contribution in [-0.4, -0.2) is 147 Å². The Labute approximate surface area is 543 Å². The van der Waals surface area contributed by atoms with Crippen LogP contribution in [0.3, 0.4) is 0 Å². The number of Topliss-reactive ketones (excluding diaryl/α,β-unsaturated/α-hetero) is 3. The van der Waals surface area contributed by atoms with Crippen molar-refractivity contribution < 1.29 is 14.4 Å². The van der Waals surface area contributed by atoms with Gasteiger partial charge in [-0.15, -0.1) is 48.4 Å². The van der Waals surface area contributed by atoms with Crippen molar-refractivity contribution >= 4 is 134 Å². The molecule has 1 unspecified atom stereocenters. The predicted octanol–water partition coefficient (Wildman–Crippen LogP) is 10.3. The molecule has 1 saturated heterocycles. The van der Waals surface area contributed by atoms with Crippen LogP contribution in [0, 0.1) is 0 Å². The molecule has 0 radical (unpaired) electrons. The Morgan fingerprint density at radius 1 is 0.500 bits per heavy atom. The molecule has 13 heterocycles. The first kappa shape index (κ1) is 62.9. The zero-order valence-corrected chi connectivity index (χ0v) is 54.1. The smallest absolute Gasteiger partial charge is 0.193 e. The maximum atomic E-state index is 12.9. The van der Waals surface area contributed by atoms with E-state index in [1.807, 2.05) is 20.3 Å². The second kappa shape index (κ2) is 28.8. The summed E-state index contributed by atoms with van der Waals surface area (Å²) in [5, 5.41) is 25.4. The van der Waals surface area contributed by atoms with Crippen LogP contribution in [0.25, 0.3) is 48.5 Å². The zero-order chi connectivity index (χ0) is 62.8. The van der Waals surface area contributed by atoms with Crippen LogP contribution in [0.1, 0.15) is 73.4 Å². The molecule has 0 aromatic carbocycles. The van der Waals surface area contributed by atoms with E-state index < -0.39 is 0 Å². The van der Waals surface area contributed by atoms with Gasteiger partial charge in [0.1, 0.15) is 48.4 Å². The average molecular weight is 1320 g/mol. The lowest BCUT2D eigenvalue weighted by atomic mass is 10.0. The fourth-order valence-electron chi connectivity index (χ4n) is 10.2. The molecule has 0 amide bonds. The lowest BCUT2D eigenvalue weighted by molar-refractivity contribution is -0.118. The van der Waals surface area contributed by atoms with Gasteiger partial charge in [0.05, 0.1) is 85.8 Å². The summed E-state index contributed by atoms with van der Waals surface area (Å²) < 4.78 is 0. The molecule has 1 atom stereocenters. The number of carbonyl (C=O) groups excluding carboxylic acids is 3. The third-order valence-corrected chi connectivity index (χ3v) is 17.8. The van der Waals surface area contributed by atoms with Crippen LogP contribution in [0.15, 0.2) is 109 Å². The molecule has 30 heteroatoms. The number of fused-ring (bicyclic) bond motifs is 3. The Bertz CT molecular complexity index is 4460. The number of pyridine rings is 6. The molecular weight excluding hydrogens is 1270 g/mol. The molecule has 0 spiro atoms. The number of thiazole rings is 3. The van der Waals surface area contributed by atoms with Crippen molar-refractivity contribution in [1.82, 2.24) is 89.8 Å². The van der Waals surface area contributed by atoms with Crippen LogP contribution in [0.2, 0.25) is 15.1 Å². The number of hydrogen-bond donors (Lipinski definition) is 0. The normalized spacial score (nSPS) is 12.3. The van der Waals surface area contributed by atoms with Crippen LogP contribution < -0.4 is 14.7 Å². The standard InChI is InChI=1S/C21H22ClN7OS.C20H20ClN7OS.C19H16ClN7OS/c1-4-13(2)28(3)19-15(11-24-21-18(19)25-12-31-21)9-16(30)7-14-8-17(22)20(23-10-14)29-26-5-6-27-29;1-3-6-27(2)18-14(11-23-20-17(18)24-12-30-20)9-15(29)7-13-8-16(21)19(22-10-13)28-25-4-5-26-28;20-15-7-12(9-21-18(15)27-24-2-3-25-27)6-14(28)8-13-10-22-19-16(23-11-29-19)17(13)26-4-1-5-26/h5-6,8,10-13H,4,7,9H2,1-3H3;4-5,8,10-12H,3,6-7,9H2,1-2H3;2-3,7,9-11H,1,4-6,8H2. The summed E-state index contributed by atoms with van der Waals surface area (Å²) in [5.74, 6) is 1.48. The van der Waals surface area contributed by atoms with Gasteiger partial charge < -0.3 is 14.7 Å². The van der Waals surface area contributed by atoms with E-state index in [-0.39, 0.29) is 49.5 Å². The number of anilines is 3. The molecule has 1 aliphatic heterocycles. The summed E-state index contributed by atoms with van der Waals surface area (Å²) in [7, 11) is 4.07. The minimum Gasteiger partial charge on any atom is -0.372 e. The van der Waals surface area contributed by atoms with Gasteiger partial charge in [-0.25, -0.2) is 44.9 Å². The van der Waals surface area contributed by atoms with E-state index in [9.17, 15) is 14.4 Å². The van der Waals surface area contributed by atoms with Crippen LogP contribution in [0.4, 0.5) is 17.1 Å². The molecule has 0 aliphatic carbocycles. The Hall–Kier alpha value is -8.73. The monoisotopic (exact) mass is 1320 g/mol. The Balaban J connectivity index is 0.000000139. The average Bonchev–Trinajstić information content (AvgIpc) is 1.56. The lowest BCUT2D eigenvalue weighted by Gasteiger charge is -2.34. The summed E-state index contributed by atoms with van der Waals surface area (Å²) in [6, 6.07) is 5.52. The summed E-state index contributed by atoms with van der Waals surface area (Å²) in [6.45, 7) is 9.28. The van der Waals surface area contributed by atoms with Crippen LogP contribution in [0.5, 0.6) is 0 Å². The molecule has 90 heavy (non-hydrogen) atoms. The van der Waals surface area contributed by atoms with Gasteiger partial charge in [-0.3, -0.25) is 14.4 Å². The van der Waals surface area contributed by atoms with Gasteiger partial charge in [0.2, 0.25) is 0 Å². The number of hydrogen-bond acceptors (Lipinski definition) is 24. The highest BCUT2D eigenvalue weighted by Gasteiger charge is 2.26. The van der Waals surface area contributed by atoms with Crippen molar-refractivity contribution in [3.05, 3.63) is 158 Å². The van der Waals surface area contributed by atoms with Gasteiger partial charge in [0.25, 0.3) is 0 Å². The molecule has 13 rings (SSSR count). The highest BCUT2D eigenvalue weighted by atomic mass is 35.5. The first-order chi connectivity index (χ1) is 43.7. The van der Waals surface area contributed by atoms with E-state index >= 15 is 0 Å². The highest BCUT2D eigenvalue weighted by molar-refractivity contribution is 7.17. The molecule has 12 aromatic heterocycles. The number of halogens is 3. The van der Waals surface area contributed by atoms with Crippen molar-refractivity contribution in [1.29, 1.82) is 0 Å². The van der Waals surface area contributed by atoms with E-state index in [2.05, 4.69) is 111 Å². The van der Waals surface area contributed by atoms with Crippen molar-refractivity contribution in [3.8, 4) is 17.5 Å². The van der Waals surface area contributed by atoms with Gasteiger partial charge in [-0.05, 0) is 61.1 Å². The summed E-state index contributed by atoms with van der Waals surface area (Å²) in [5.41, 5.74) is 15.9. The summed E-state index contributed by atoms with van der Waals surface area (Å²) in [4.78, 5) is 91.8. The second-order valence-electron chi connectivity index (χ2n) is 21.1. The van der Waals surface area contributed by atoms with Gasteiger partial charge in [-0.2, -0.15) is 30.6 Å². The fourth-order valence-corrected chi connectivity index (χ4v) is 12.9. The minimum atomic E-state index is 0.0537. The second-order valence-corrected chi connectivity index (χ2v) is 24.8. The van der Waals surface area contributed by atoms with Gasteiger partial charge in [-0.1, -0.05) is 48.7 Å². The van der Waals surface area contributed by atoms with Crippen molar-refractivity contribution in [2.24, 2.45) is 0 Å². The number of carbonyl (C=O) groups is 3. The third kappa shape index (κ3) is 14.5. The number of aromatic nitrogens is 18. The fraction of sp³-hybridized carbons (Fsp3) is 0.300. The Kier molecular flexibility index (Phi) is 20.1. The lowest BCUT2D eigenvalue weighted by Crippen LogP contribution is -2.38. The van der Waals surface area contributed by atoms with Crippen molar-refractivity contribution in [2.45, 2.75) is 84.6 Å². The Morgan fingerprint density at radius 3 is 1.27 bits per heavy atom. The van der Waals surface area contributed by atoms with Crippen LogP contribution in [-0.2, 0) is 52.9 Å². The van der Waals surface area contributed by atoms with Gasteiger partial charge >= 0.3 is 0 Å². The quantitative estimate of drug-likeness (QED) is 0.0610. The topological polar surface area (TPSA) is 269 Å². The Morgan fingerprint density at radius 2 is 0.878 bits per heavy atom. The summed E-state index contributed by atoms with van der Waals surface area (Å²) in [6.07, 6.45) is 24.3. The minimum absolute atomic E-state index is 0.0537. The molecule has 12 aromatic rings. The highest BCUT2D eigenvalue weighted by Crippen LogP contribution is 2.36. The van der Waals surface area contributed by atoms with E-state index in [0.29, 0.717) is 45.0 Å². The van der Waals surface area contributed by atoms with Crippen LogP contribution >= 0.6 is 68.8 Å². The number of nitrogens with zero attached hydrogens (tertiary/aromatic N) is 21. The first-order valence-corrected chi connectivity index (χ1v) is 32.4. The van der Waals surface area contributed by atoms with Gasteiger partial charge in [0, 0.05) is 132 Å². The van der Waals surface area contributed by atoms with Crippen molar-refractivity contribution in [3.63, 3.8) is 0 Å². The van der Waals surface area contributed by atoms with E-state index in [1.54, 1.807) is 103 Å². The van der Waals surface area contributed by atoms with Crippen molar-refractivity contribution in [2.75, 3.05) is 48.4 Å². The molecule has 460 valence electrons. The van der Waals surface area contributed by atoms with E-state index in [1.165, 1.54) is 48.4 Å². The first-order valence-electron chi connectivity index (χ1n) is 28.6. The summed E-state index contributed by atoms with van der Waals surface area (Å²) >= 11 is 23.5. The predicted molar refractivity (Wildman–Crippen MR) is 351 cm³/mol. The third-order valence-electron chi connectivity index (χ3n) is 14.8. The largest absolute Gasteiger partial charge is 0.372 e. The zero-order valence-electron chi connectivity index (χ0n) is 49.4. The number of ketones is 3. The molecule has 1 aliphatic rings. The maximum absolute atomic E-state index is 12.9. The molecule has 1 fully saturated rings. The van der Waals surface area contributed by atoms with Gasteiger partial charge in [0.15, 0.2) is 17.5 Å². The molecule has 24 nitrogen and oxygen atoms in total. The molecule has 0 saturated carbocycles. The SMILES string of the molecule is CCC(C)N(C)c1c(CC(=O)Cc2cnc(-n3nccn3)c(Cl)c2)cnc2scnc12.CCCN(C)c1c(CC(=O)Cc2cnc(-n3nccn3)c(Cl)c2)cnc2scnc12.O=C(Cc1cnc(-n2nccn2)c(Cl)c1)Cc1cnc2scnc2c1N1CCC1. The molecular formula is C60H58Cl3N21O3S3. The van der Waals surface area contributed by atoms with E-state index in [4.69, 9.17) is 34.8 Å².